The zero-order chi connectivity index (χ0) is 14.0. The van der Waals surface area contributed by atoms with E-state index in [0.717, 1.165) is 38.5 Å². The third-order valence-corrected chi connectivity index (χ3v) is 6.12. The minimum Gasteiger partial charge on any atom is -0.389 e. The van der Waals surface area contributed by atoms with Gasteiger partial charge in [0.1, 0.15) is 0 Å². The highest BCUT2D eigenvalue weighted by molar-refractivity contribution is 5.03. The molecule has 0 aromatic rings. The maximum Gasteiger partial charge on any atom is 0.0716 e. The molecule has 2 aliphatic carbocycles. The Kier molecular flexibility index (Phi) is 4.62. The number of hydrogen-bond acceptors (Lipinski definition) is 2. The molecular formula is C17H33NO. The van der Waals surface area contributed by atoms with Gasteiger partial charge in [-0.15, -0.1) is 0 Å². The predicted molar refractivity (Wildman–Crippen MR) is 81.0 cm³/mol. The van der Waals surface area contributed by atoms with Gasteiger partial charge in [-0.05, 0) is 43.9 Å². The summed E-state index contributed by atoms with van der Waals surface area (Å²) in [6.45, 7) is 5.34. The van der Waals surface area contributed by atoms with Gasteiger partial charge < -0.3 is 10.8 Å². The standard InChI is InChI=1S/C17H33NO/c1-15(2)10-12-17(19,13-11-15)16(14-18)8-6-4-3-5-7-9-16/h19H,3-14,18H2,1-2H3. The first-order valence-electron chi connectivity index (χ1n) is 8.36. The fourth-order valence-electron chi connectivity index (χ4n) is 4.31. The molecule has 0 amide bonds. The second kappa shape index (κ2) is 5.73. The van der Waals surface area contributed by atoms with Gasteiger partial charge in [-0.1, -0.05) is 46.0 Å². The molecule has 0 atom stereocenters. The molecule has 0 saturated heterocycles. The smallest absolute Gasteiger partial charge is 0.0716 e. The molecule has 2 aliphatic rings. The second-order valence-electron chi connectivity index (χ2n) is 7.95. The maximum absolute atomic E-state index is 11.3. The molecule has 2 rings (SSSR count). The Morgan fingerprint density at radius 2 is 1.26 bits per heavy atom. The minimum atomic E-state index is -0.491. The van der Waals surface area contributed by atoms with Crippen LogP contribution < -0.4 is 5.73 Å². The molecule has 0 radical (unpaired) electrons. The molecule has 0 aromatic heterocycles. The van der Waals surface area contributed by atoms with Crippen LogP contribution in [0.3, 0.4) is 0 Å². The summed E-state index contributed by atoms with van der Waals surface area (Å²) in [7, 11) is 0. The van der Waals surface area contributed by atoms with Crippen molar-refractivity contribution >= 4 is 0 Å². The van der Waals surface area contributed by atoms with E-state index in [-0.39, 0.29) is 5.41 Å². The van der Waals surface area contributed by atoms with Crippen LogP contribution in [0.15, 0.2) is 0 Å². The van der Waals surface area contributed by atoms with E-state index in [2.05, 4.69) is 13.8 Å². The molecule has 2 nitrogen and oxygen atoms in total. The number of hydrogen-bond donors (Lipinski definition) is 2. The maximum atomic E-state index is 11.3. The Hall–Kier alpha value is -0.0800. The fourth-order valence-corrected chi connectivity index (χ4v) is 4.31. The van der Waals surface area contributed by atoms with Gasteiger partial charge >= 0.3 is 0 Å². The Morgan fingerprint density at radius 1 is 0.789 bits per heavy atom. The highest BCUT2D eigenvalue weighted by atomic mass is 16.3. The summed E-state index contributed by atoms with van der Waals surface area (Å²) in [5.74, 6) is 0. The van der Waals surface area contributed by atoms with Crippen LogP contribution in [0.25, 0.3) is 0 Å². The molecule has 2 heteroatoms. The lowest BCUT2D eigenvalue weighted by Gasteiger charge is -2.52. The van der Waals surface area contributed by atoms with Crippen molar-refractivity contribution in [3.05, 3.63) is 0 Å². The van der Waals surface area contributed by atoms with Gasteiger partial charge in [0.2, 0.25) is 0 Å². The normalized spacial score (nSPS) is 30.3. The highest BCUT2D eigenvalue weighted by Crippen LogP contribution is 2.52. The van der Waals surface area contributed by atoms with E-state index in [4.69, 9.17) is 5.73 Å². The number of rotatable bonds is 2. The van der Waals surface area contributed by atoms with Crippen molar-refractivity contribution in [2.45, 2.75) is 90.1 Å². The van der Waals surface area contributed by atoms with Crippen molar-refractivity contribution in [2.24, 2.45) is 16.6 Å². The van der Waals surface area contributed by atoms with Gasteiger partial charge in [0.05, 0.1) is 5.60 Å². The van der Waals surface area contributed by atoms with E-state index in [1.807, 2.05) is 0 Å². The van der Waals surface area contributed by atoms with Gasteiger partial charge in [-0.25, -0.2) is 0 Å². The minimum absolute atomic E-state index is 0.00389. The monoisotopic (exact) mass is 267 g/mol. The molecule has 2 fully saturated rings. The fraction of sp³-hybridized carbons (Fsp3) is 1.00. The third kappa shape index (κ3) is 3.16. The van der Waals surface area contributed by atoms with Crippen molar-refractivity contribution in [3.8, 4) is 0 Å². The van der Waals surface area contributed by atoms with Crippen molar-refractivity contribution in [1.82, 2.24) is 0 Å². The molecule has 0 unspecified atom stereocenters. The van der Waals surface area contributed by atoms with E-state index < -0.39 is 5.60 Å². The summed E-state index contributed by atoms with van der Waals surface area (Å²) in [5, 5.41) is 11.3. The Balaban J connectivity index is 2.14. The topological polar surface area (TPSA) is 46.2 Å². The zero-order valence-corrected chi connectivity index (χ0v) is 13.0. The van der Waals surface area contributed by atoms with Gasteiger partial charge in [0, 0.05) is 12.0 Å². The molecule has 112 valence electrons. The van der Waals surface area contributed by atoms with Crippen LogP contribution in [0.1, 0.15) is 84.5 Å². The average Bonchev–Trinajstić information content (AvgIpc) is 2.34. The van der Waals surface area contributed by atoms with Crippen LogP contribution in [0.2, 0.25) is 0 Å². The quantitative estimate of drug-likeness (QED) is 0.794. The zero-order valence-electron chi connectivity index (χ0n) is 13.0. The van der Waals surface area contributed by atoms with Crippen LogP contribution in [0.4, 0.5) is 0 Å². The van der Waals surface area contributed by atoms with E-state index in [1.54, 1.807) is 0 Å². The van der Waals surface area contributed by atoms with Crippen molar-refractivity contribution in [3.63, 3.8) is 0 Å². The summed E-state index contributed by atoms with van der Waals surface area (Å²) < 4.78 is 0. The van der Waals surface area contributed by atoms with E-state index >= 15 is 0 Å². The summed E-state index contributed by atoms with van der Waals surface area (Å²) in [6.07, 6.45) is 13.0. The van der Waals surface area contributed by atoms with Crippen molar-refractivity contribution in [2.75, 3.05) is 6.54 Å². The summed E-state index contributed by atoms with van der Waals surface area (Å²) in [5.41, 5.74) is 6.10. The van der Waals surface area contributed by atoms with Crippen LogP contribution >= 0.6 is 0 Å². The number of nitrogens with two attached hydrogens (primary N) is 1. The summed E-state index contributed by atoms with van der Waals surface area (Å²) in [4.78, 5) is 0. The lowest BCUT2D eigenvalue weighted by atomic mass is 9.57. The molecular weight excluding hydrogens is 234 g/mol. The Bertz CT molecular complexity index is 280. The van der Waals surface area contributed by atoms with E-state index in [1.165, 1.54) is 32.1 Å². The van der Waals surface area contributed by atoms with E-state index in [9.17, 15) is 5.11 Å². The SMILES string of the molecule is CC1(C)CCC(O)(C2(CN)CCCCCCC2)CC1. The molecule has 0 heterocycles. The van der Waals surface area contributed by atoms with Crippen LogP contribution in [-0.2, 0) is 0 Å². The molecule has 0 aliphatic heterocycles. The van der Waals surface area contributed by atoms with Crippen molar-refractivity contribution in [1.29, 1.82) is 0 Å². The Labute approximate surface area is 119 Å². The average molecular weight is 267 g/mol. The molecule has 0 aromatic carbocycles. The summed E-state index contributed by atoms with van der Waals surface area (Å²) >= 11 is 0. The second-order valence-corrected chi connectivity index (χ2v) is 7.95. The molecule has 0 bridgehead atoms. The van der Waals surface area contributed by atoms with Gasteiger partial charge in [-0.3, -0.25) is 0 Å². The van der Waals surface area contributed by atoms with Crippen LogP contribution in [0, 0.1) is 10.8 Å². The largest absolute Gasteiger partial charge is 0.389 e. The highest BCUT2D eigenvalue weighted by Gasteiger charge is 2.51. The first-order valence-corrected chi connectivity index (χ1v) is 8.36. The summed E-state index contributed by atoms with van der Waals surface area (Å²) in [6, 6.07) is 0. The van der Waals surface area contributed by atoms with Gasteiger partial charge in [-0.2, -0.15) is 0 Å². The van der Waals surface area contributed by atoms with Crippen molar-refractivity contribution < 1.29 is 5.11 Å². The van der Waals surface area contributed by atoms with E-state index in [0.29, 0.717) is 12.0 Å². The first kappa shape index (κ1) is 15.3. The first-order chi connectivity index (χ1) is 8.93. The Morgan fingerprint density at radius 3 is 1.74 bits per heavy atom. The van der Waals surface area contributed by atoms with Gasteiger partial charge in [0.15, 0.2) is 0 Å². The molecule has 19 heavy (non-hydrogen) atoms. The van der Waals surface area contributed by atoms with Gasteiger partial charge in [0.25, 0.3) is 0 Å². The van der Waals surface area contributed by atoms with Crippen LogP contribution in [0.5, 0.6) is 0 Å². The third-order valence-electron chi connectivity index (χ3n) is 6.12. The lowest BCUT2D eigenvalue weighted by Crippen LogP contribution is -2.55. The number of aliphatic hydroxyl groups is 1. The predicted octanol–water partition coefficient (Wildman–Crippen LogP) is 4.01. The molecule has 2 saturated carbocycles. The molecule has 3 N–H and O–H groups in total. The molecule has 0 spiro atoms. The lowest BCUT2D eigenvalue weighted by molar-refractivity contribution is -0.132. The van der Waals surface area contributed by atoms with Crippen LogP contribution in [-0.4, -0.2) is 17.3 Å².